The van der Waals surface area contributed by atoms with E-state index in [1.54, 1.807) is 6.07 Å². The summed E-state index contributed by atoms with van der Waals surface area (Å²) in [6.45, 7) is 6.16. The zero-order chi connectivity index (χ0) is 13.4. The molecule has 0 spiro atoms. The lowest BCUT2D eigenvalue weighted by molar-refractivity contribution is 0.139. The summed E-state index contributed by atoms with van der Waals surface area (Å²) in [6.07, 6.45) is 5.18. The van der Waals surface area contributed by atoms with Gasteiger partial charge < -0.3 is 9.47 Å². The molecule has 1 aromatic carbocycles. The van der Waals surface area contributed by atoms with E-state index in [0.717, 1.165) is 24.8 Å². The Kier molecular flexibility index (Phi) is 3.21. The predicted molar refractivity (Wildman–Crippen MR) is 72.3 cm³/mol. The first-order valence-corrected chi connectivity index (χ1v) is 6.99. The van der Waals surface area contributed by atoms with Crippen LogP contribution in [-0.2, 0) is 0 Å². The second-order valence-electron chi connectivity index (χ2n) is 5.30. The van der Waals surface area contributed by atoms with Gasteiger partial charge >= 0.3 is 0 Å². The molecule has 0 N–H and O–H groups in total. The minimum atomic E-state index is -0.344. The van der Waals surface area contributed by atoms with Crippen LogP contribution in [0.2, 0.25) is 0 Å². The minimum absolute atomic E-state index is 0.0955. The first kappa shape index (κ1) is 12.5. The Morgan fingerprint density at radius 2 is 2.32 bits per heavy atom. The maximum atomic E-state index is 14.3. The molecular weight excluding hydrogens is 243 g/mol. The summed E-state index contributed by atoms with van der Waals surface area (Å²) in [4.78, 5) is 0. The van der Waals surface area contributed by atoms with Crippen molar-refractivity contribution in [2.24, 2.45) is 5.92 Å². The van der Waals surface area contributed by atoms with Gasteiger partial charge in [0.05, 0.1) is 6.61 Å². The molecule has 1 heterocycles. The Balaban J connectivity index is 1.91. The highest BCUT2D eigenvalue weighted by atomic mass is 19.1. The summed E-state index contributed by atoms with van der Waals surface area (Å²) >= 11 is 0. The van der Waals surface area contributed by atoms with Crippen LogP contribution in [0.3, 0.4) is 0 Å². The quantitative estimate of drug-likeness (QED) is 0.765. The smallest absolute Gasteiger partial charge is 0.207 e. The summed E-state index contributed by atoms with van der Waals surface area (Å²) in [5.41, 5.74) is 1.01. The highest BCUT2D eigenvalue weighted by Gasteiger charge is 2.40. The predicted octanol–water partition coefficient (Wildman–Crippen LogP) is 4.06. The number of allylic oxidation sites excluding steroid dienone is 1. The SMILES string of the molecule is C=C[C@@H]1CC[C@H]2c3ccc(OCC)c(F)c3O[C@@H]2C1. The van der Waals surface area contributed by atoms with Crippen molar-refractivity contribution in [2.75, 3.05) is 6.61 Å². The van der Waals surface area contributed by atoms with E-state index >= 15 is 0 Å². The average molecular weight is 262 g/mol. The summed E-state index contributed by atoms with van der Waals surface area (Å²) in [5.74, 6) is 1.18. The van der Waals surface area contributed by atoms with Crippen LogP contribution in [-0.4, -0.2) is 12.7 Å². The molecule has 102 valence electrons. The lowest BCUT2D eigenvalue weighted by atomic mass is 9.78. The fourth-order valence-corrected chi connectivity index (χ4v) is 3.24. The number of hydrogen-bond acceptors (Lipinski definition) is 2. The molecule has 2 aliphatic rings. The monoisotopic (exact) mass is 262 g/mol. The average Bonchev–Trinajstić information content (AvgIpc) is 2.80. The largest absolute Gasteiger partial charge is 0.491 e. The Morgan fingerprint density at radius 3 is 3.05 bits per heavy atom. The summed E-state index contributed by atoms with van der Waals surface area (Å²) in [6, 6.07) is 3.69. The number of halogens is 1. The number of ether oxygens (including phenoxy) is 2. The highest BCUT2D eigenvalue weighted by molar-refractivity contribution is 5.48. The lowest BCUT2D eigenvalue weighted by Gasteiger charge is -2.29. The van der Waals surface area contributed by atoms with Gasteiger partial charge in [-0.15, -0.1) is 6.58 Å². The fourth-order valence-electron chi connectivity index (χ4n) is 3.24. The van der Waals surface area contributed by atoms with Gasteiger partial charge in [-0.1, -0.05) is 12.1 Å². The van der Waals surface area contributed by atoms with E-state index in [1.807, 2.05) is 19.1 Å². The zero-order valence-electron chi connectivity index (χ0n) is 11.2. The van der Waals surface area contributed by atoms with Crippen molar-refractivity contribution in [2.45, 2.75) is 38.2 Å². The van der Waals surface area contributed by atoms with Crippen molar-refractivity contribution in [3.63, 3.8) is 0 Å². The molecule has 0 aromatic heterocycles. The molecule has 1 aliphatic heterocycles. The molecule has 3 heteroatoms. The zero-order valence-corrected chi connectivity index (χ0v) is 11.2. The van der Waals surface area contributed by atoms with E-state index < -0.39 is 0 Å². The van der Waals surface area contributed by atoms with Crippen molar-refractivity contribution < 1.29 is 13.9 Å². The van der Waals surface area contributed by atoms with Gasteiger partial charge in [-0.05, 0) is 38.2 Å². The molecule has 0 amide bonds. The van der Waals surface area contributed by atoms with E-state index in [2.05, 4.69) is 6.58 Å². The van der Waals surface area contributed by atoms with E-state index in [-0.39, 0.29) is 11.9 Å². The van der Waals surface area contributed by atoms with E-state index in [0.29, 0.717) is 29.9 Å². The number of benzene rings is 1. The second kappa shape index (κ2) is 4.87. The maximum Gasteiger partial charge on any atom is 0.207 e. The first-order chi connectivity index (χ1) is 9.24. The molecule has 1 fully saturated rings. The van der Waals surface area contributed by atoms with Crippen molar-refractivity contribution in [3.05, 3.63) is 36.2 Å². The van der Waals surface area contributed by atoms with Gasteiger partial charge in [0.2, 0.25) is 5.82 Å². The Hall–Kier alpha value is -1.51. The Labute approximate surface area is 113 Å². The van der Waals surface area contributed by atoms with Crippen LogP contribution in [0.1, 0.15) is 37.7 Å². The van der Waals surface area contributed by atoms with E-state index in [4.69, 9.17) is 9.47 Å². The van der Waals surface area contributed by atoms with E-state index in [9.17, 15) is 4.39 Å². The number of rotatable bonds is 3. The van der Waals surface area contributed by atoms with Crippen LogP contribution < -0.4 is 9.47 Å². The van der Waals surface area contributed by atoms with Gasteiger partial charge in [0.25, 0.3) is 0 Å². The molecule has 1 saturated carbocycles. The summed E-state index contributed by atoms with van der Waals surface area (Å²) < 4.78 is 25.5. The standard InChI is InChI=1S/C16H19FO2/c1-3-10-5-6-11-12-7-8-13(18-4-2)15(17)16(12)19-14(11)9-10/h3,7-8,10-11,14H,1,4-6,9H2,2H3/t10-,11+,14-/m1/s1. The number of fused-ring (bicyclic) bond motifs is 3. The van der Waals surface area contributed by atoms with Gasteiger partial charge in [0.15, 0.2) is 11.5 Å². The maximum absolute atomic E-state index is 14.3. The molecule has 0 unspecified atom stereocenters. The van der Waals surface area contributed by atoms with Crippen molar-refractivity contribution in [3.8, 4) is 11.5 Å². The van der Waals surface area contributed by atoms with Gasteiger partial charge in [0, 0.05) is 11.5 Å². The number of hydrogen-bond donors (Lipinski definition) is 0. The van der Waals surface area contributed by atoms with Crippen molar-refractivity contribution in [1.29, 1.82) is 0 Å². The molecule has 1 aliphatic carbocycles. The van der Waals surface area contributed by atoms with Crippen LogP contribution in [0.25, 0.3) is 0 Å². The molecular formula is C16H19FO2. The summed E-state index contributed by atoms with van der Waals surface area (Å²) in [7, 11) is 0. The first-order valence-electron chi connectivity index (χ1n) is 6.99. The lowest BCUT2D eigenvalue weighted by Crippen LogP contribution is -2.27. The third-order valence-electron chi connectivity index (χ3n) is 4.23. The minimum Gasteiger partial charge on any atom is -0.491 e. The third-order valence-corrected chi connectivity index (χ3v) is 4.23. The van der Waals surface area contributed by atoms with Crippen LogP contribution in [0.15, 0.2) is 24.8 Å². The molecule has 0 bridgehead atoms. The summed E-state index contributed by atoms with van der Waals surface area (Å²) in [5, 5.41) is 0. The van der Waals surface area contributed by atoms with Gasteiger partial charge in [-0.2, -0.15) is 4.39 Å². The molecule has 2 nitrogen and oxygen atoms in total. The van der Waals surface area contributed by atoms with Gasteiger partial charge in [-0.25, -0.2) is 0 Å². The third kappa shape index (κ3) is 2.01. The fraction of sp³-hybridized carbons (Fsp3) is 0.500. The van der Waals surface area contributed by atoms with Crippen LogP contribution in [0, 0.1) is 11.7 Å². The van der Waals surface area contributed by atoms with Crippen LogP contribution in [0.5, 0.6) is 11.5 Å². The van der Waals surface area contributed by atoms with Gasteiger partial charge in [-0.3, -0.25) is 0 Å². The molecule has 1 aromatic rings. The van der Waals surface area contributed by atoms with Crippen molar-refractivity contribution in [1.82, 2.24) is 0 Å². The molecule has 19 heavy (non-hydrogen) atoms. The molecule has 3 rings (SSSR count). The van der Waals surface area contributed by atoms with Crippen molar-refractivity contribution >= 4 is 0 Å². The second-order valence-corrected chi connectivity index (χ2v) is 5.30. The Bertz CT molecular complexity index is 498. The van der Waals surface area contributed by atoms with E-state index in [1.165, 1.54) is 0 Å². The normalized spacial score (nSPS) is 28.2. The topological polar surface area (TPSA) is 18.5 Å². The molecule has 0 radical (unpaired) electrons. The molecule has 3 atom stereocenters. The van der Waals surface area contributed by atoms with Crippen LogP contribution in [0.4, 0.5) is 4.39 Å². The Morgan fingerprint density at radius 1 is 1.47 bits per heavy atom. The van der Waals surface area contributed by atoms with Crippen LogP contribution >= 0.6 is 0 Å². The van der Waals surface area contributed by atoms with Gasteiger partial charge in [0.1, 0.15) is 6.10 Å². The molecule has 0 saturated heterocycles. The highest BCUT2D eigenvalue weighted by Crippen LogP contribution is 2.49.